The van der Waals surface area contributed by atoms with Crippen molar-refractivity contribution >= 4 is 28.4 Å². The fraction of sp³-hybridized carbons (Fsp3) is 0.417. The van der Waals surface area contributed by atoms with E-state index in [1.807, 2.05) is 37.3 Å². The van der Waals surface area contributed by atoms with E-state index in [1.54, 1.807) is 12.1 Å². The number of nitrogens with zero attached hydrogens (tertiary/aromatic N) is 3. The Hall–Kier alpha value is -3.13. The van der Waals surface area contributed by atoms with Gasteiger partial charge in [-0.05, 0) is 56.7 Å². The third-order valence-electron chi connectivity index (χ3n) is 5.73. The first-order valence-electron chi connectivity index (χ1n) is 11.0. The Kier molecular flexibility index (Phi) is 6.32. The summed E-state index contributed by atoms with van der Waals surface area (Å²) in [6, 6.07) is 10.6. The summed E-state index contributed by atoms with van der Waals surface area (Å²) >= 11 is 0. The lowest BCUT2D eigenvalue weighted by Gasteiger charge is -2.37. The molecule has 0 radical (unpaired) electrons. The first-order valence-corrected chi connectivity index (χ1v) is 11.0. The molecule has 0 saturated carbocycles. The summed E-state index contributed by atoms with van der Waals surface area (Å²) in [5.41, 5.74) is 4.11. The van der Waals surface area contributed by atoms with Crippen molar-refractivity contribution in [2.45, 2.75) is 39.4 Å². The molecule has 32 heavy (non-hydrogen) atoms. The maximum absolute atomic E-state index is 14.7. The van der Waals surface area contributed by atoms with Gasteiger partial charge in [-0.25, -0.2) is 14.2 Å². The lowest BCUT2D eigenvalue weighted by atomic mass is 10.2. The zero-order chi connectivity index (χ0) is 22.8. The molecule has 1 aliphatic rings. The Morgan fingerprint density at radius 2 is 1.94 bits per heavy atom. The molecule has 170 valence electrons. The molecule has 4 rings (SSSR count). The molecule has 0 spiro atoms. The highest BCUT2D eigenvalue weighted by molar-refractivity contribution is 5.89. The first kappa shape index (κ1) is 22.1. The van der Waals surface area contributed by atoms with Crippen LogP contribution in [-0.4, -0.2) is 47.4 Å². The molecule has 0 unspecified atom stereocenters. The van der Waals surface area contributed by atoms with Crippen molar-refractivity contribution in [3.63, 3.8) is 0 Å². The van der Waals surface area contributed by atoms with E-state index in [0.29, 0.717) is 37.4 Å². The monoisotopic (exact) mass is 439 g/mol. The number of fused-ring (bicyclic) bond motifs is 1. The molecule has 2 heterocycles. The van der Waals surface area contributed by atoms with Crippen LogP contribution in [0.2, 0.25) is 0 Å². The van der Waals surface area contributed by atoms with Crippen LogP contribution < -0.4 is 15.5 Å². The van der Waals surface area contributed by atoms with Crippen LogP contribution in [-0.2, 0) is 18.2 Å². The molecule has 3 aromatic rings. The predicted octanol–water partition coefficient (Wildman–Crippen LogP) is 4.00. The van der Waals surface area contributed by atoms with E-state index in [9.17, 15) is 9.18 Å². The second-order valence-electron chi connectivity index (χ2n) is 8.54. The topological polar surface area (TPSA) is 71.4 Å². The highest BCUT2D eigenvalue weighted by Crippen LogP contribution is 2.26. The van der Waals surface area contributed by atoms with Crippen molar-refractivity contribution in [2.75, 3.05) is 29.9 Å². The van der Waals surface area contributed by atoms with E-state index in [-0.39, 0.29) is 24.1 Å². The molecule has 1 aromatic heterocycles. The zero-order valence-electron chi connectivity index (χ0n) is 19.0. The van der Waals surface area contributed by atoms with Crippen molar-refractivity contribution < 1.29 is 13.9 Å². The van der Waals surface area contributed by atoms with Crippen molar-refractivity contribution in [2.24, 2.45) is 7.05 Å². The van der Waals surface area contributed by atoms with Gasteiger partial charge in [-0.1, -0.05) is 6.07 Å². The van der Waals surface area contributed by atoms with E-state index in [2.05, 4.69) is 33.8 Å². The fourth-order valence-corrected chi connectivity index (χ4v) is 4.26. The molecule has 0 bridgehead atoms. The normalized spacial score (nSPS) is 18.7. The smallest absolute Gasteiger partial charge is 0.319 e. The van der Waals surface area contributed by atoms with Gasteiger partial charge in [0.1, 0.15) is 11.6 Å². The summed E-state index contributed by atoms with van der Waals surface area (Å²) in [5, 5.41) is 5.52. The number of carbonyl (C=O) groups excluding carboxylic acids is 1. The van der Waals surface area contributed by atoms with Gasteiger partial charge >= 0.3 is 6.03 Å². The third kappa shape index (κ3) is 4.85. The zero-order valence-corrected chi connectivity index (χ0v) is 19.0. The minimum Gasteiger partial charge on any atom is -0.372 e. The molecule has 2 atom stereocenters. The van der Waals surface area contributed by atoms with Crippen molar-refractivity contribution in [1.82, 2.24) is 14.9 Å². The number of aromatic nitrogens is 2. The van der Waals surface area contributed by atoms with E-state index < -0.39 is 0 Å². The van der Waals surface area contributed by atoms with Gasteiger partial charge in [-0.3, -0.25) is 0 Å². The molecular formula is C24H30FN5O2. The highest BCUT2D eigenvalue weighted by atomic mass is 19.1. The number of halogens is 1. The summed E-state index contributed by atoms with van der Waals surface area (Å²) < 4.78 is 22.5. The van der Waals surface area contributed by atoms with E-state index >= 15 is 0 Å². The molecule has 1 saturated heterocycles. The van der Waals surface area contributed by atoms with E-state index in [0.717, 1.165) is 22.4 Å². The number of hydrogen-bond acceptors (Lipinski definition) is 4. The Bertz CT molecular complexity index is 1120. The Morgan fingerprint density at radius 1 is 1.19 bits per heavy atom. The van der Waals surface area contributed by atoms with Crippen LogP contribution in [0, 0.1) is 12.7 Å². The number of anilines is 2. The number of carbonyl (C=O) groups is 1. The summed E-state index contributed by atoms with van der Waals surface area (Å²) in [4.78, 5) is 18.9. The number of ether oxygens (including phenoxy) is 1. The van der Waals surface area contributed by atoms with E-state index in [4.69, 9.17) is 4.74 Å². The molecule has 0 aliphatic carbocycles. The Balaban J connectivity index is 1.32. The number of nitrogens with one attached hydrogen (secondary N) is 2. The number of imidazole rings is 1. The number of benzene rings is 2. The number of rotatable bonds is 5. The van der Waals surface area contributed by atoms with Crippen molar-refractivity contribution in [3.05, 3.63) is 53.6 Å². The molecule has 1 fully saturated rings. The summed E-state index contributed by atoms with van der Waals surface area (Å²) in [6.45, 7) is 7.70. The minimum absolute atomic E-state index is 0.0436. The molecule has 7 nitrogen and oxygen atoms in total. The van der Waals surface area contributed by atoms with E-state index in [1.165, 1.54) is 6.07 Å². The lowest BCUT2D eigenvalue weighted by molar-refractivity contribution is -0.00539. The maximum Gasteiger partial charge on any atom is 0.319 e. The number of amides is 2. The molecule has 8 heteroatoms. The number of aryl methyl sites for hydroxylation is 2. The molecule has 2 amide bonds. The minimum atomic E-state index is -0.375. The van der Waals surface area contributed by atoms with Gasteiger partial charge in [0.15, 0.2) is 0 Å². The van der Waals surface area contributed by atoms with Crippen LogP contribution in [0.4, 0.5) is 20.6 Å². The average molecular weight is 440 g/mol. The average Bonchev–Trinajstić information content (AvgIpc) is 3.02. The first-order chi connectivity index (χ1) is 15.3. The van der Waals surface area contributed by atoms with Gasteiger partial charge in [-0.2, -0.15) is 0 Å². The number of urea groups is 1. The van der Waals surface area contributed by atoms with Crippen LogP contribution in [0.15, 0.2) is 36.4 Å². The van der Waals surface area contributed by atoms with Gasteiger partial charge in [0.25, 0.3) is 0 Å². The second kappa shape index (κ2) is 9.16. The van der Waals surface area contributed by atoms with Gasteiger partial charge in [-0.15, -0.1) is 0 Å². The molecule has 2 N–H and O–H groups in total. The quantitative estimate of drug-likeness (QED) is 0.631. The molecule has 2 aromatic carbocycles. The van der Waals surface area contributed by atoms with Crippen molar-refractivity contribution in [3.8, 4) is 0 Å². The van der Waals surface area contributed by atoms with Gasteiger partial charge < -0.3 is 24.8 Å². The highest BCUT2D eigenvalue weighted by Gasteiger charge is 2.24. The summed E-state index contributed by atoms with van der Waals surface area (Å²) in [5.74, 6) is 0.536. The van der Waals surface area contributed by atoms with Crippen LogP contribution in [0.25, 0.3) is 11.0 Å². The second-order valence-corrected chi connectivity index (χ2v) is 8.54. The largest absolute Gasteiger partial charge is 0.372 e. The van der Waals surface area contributed by atoms with Crippen molar-refractivity contribution in [1.29, 1.82) is 0 Å². The SMILES string of the molecule is Cc1ccc2c(c1)nc(CCNC(=O)Nc1ccc(N3C[C@@H](C)O[C@H](C)C3)c(F)c1)n2C. The molecule has 1 aliphatic heterocycles. The molecular weight excluding hydrogens is 409 g/mol. The van der Waals surface area contributed by atoms with Crippen LogP contribution in [0.1, 0.15) is 25.2 Å². The summed E-state index contributed by atoms with van der Waals surface area (Å²) in [7, 11) is 1.97. The fourth-order valence-electron chi connectivity index (χ4n) is 4.26. The lowest BCUT2D eigenvalue weighted by Crippen LogP contribution is -2.45. The van der Waals surface area contributed by atoms with Gasteiger partial charge in [0.05, 0.1) is 28.9 Å². The van der Waals surface area contributed by atoms with Crippen LogP contribution >= 0.6 is 0 Å². The predicted molar refractivity (Wildman–Crippen MR) is 125 cm³/mol. The maximum atomic E-state index is 14.7. The van der Waals surface area contributed by atoms with Crippen LogP contribution in [0.5, 0.6) is 0 Å². The Labute approximate surface area is 187 Å². The number of hydrogen-bond donors (Lipinski definition) is 2. The van der Waals surface area contributed by atoms with Gasteiger partial charge in [0, 0.05) is 38.8 Å². The van der Waals surface area contributed by atoms with Crippen LogP contribution in [0.3, 0.4) is 0 Å². The summed E-state index contributed by atoms with van der Waals surface area (Å²) in [6.07, 6.45) is 0.683. The Morgan fingerprint density at radius 3 is 2.66 bits per heavy atom. The third-order valence-corrected chi connectivity index (χ3v) is 5.73. The number of morpholine rings is 1. The standard InChI is InChI=1S/C24H30FN5O2/c1-15-5-7-22-20(11-15)28-23(29(22)4)9-10-26-24(31)27-18-6-8-21(19(25)12-18)30-13-16(2)32-17(3)14-30/h5-8,11-12,16-17H,9-10,13-14H2,1-4H3,(H2,26,27,31)/t16-,17-/m1/s1. The van der Waals surface area contributed by atoms with Gasteiger partial charge in [0.2, 0.25) is 0 Å².